The number of nitrogens with one attached hydrogen (secondary N) is 2. The highest BCUT2D eigenvalue weighted by Gasteiger charge is 2.15. The van der Waals surface area contributed by atoms with E-state index in [-0.39, 0.29) is 0 Å². The summed E-state index contributed by atoms with van der Waals surface area (Å²) in [5, 5.41) is 2.72. The fourth-order valence-electron chi connectivity index (χ4n) is 3.70. The third-order valence-electron chi connectivity index (χ3n) is 4.86. The van der Waals surface area contributed by atoms with E-state index in [1.807, 2.05) is 0 Å². The fourth-order valence-corrected chi connectivity index (χ4v) is 3.70. The molecule has 0 radical (unpaired) electrons. The van der Waals surface area contributed by atoms with E-state index in [1.165, 1.54) is 44.3 Å². The Kier molecular flexibility index (Phi) is 3.45. The maximum Gasteiger partial charge on any atom is 0.0459 e. The minimum atomic E-state index is 0.986. The van der Waals surface area contributed by atoms with Crippen LogP contribution in [0.1, 0.15) is 36.4 Å². The molecule has 0 atom stereocenters. The second-order valence-corrected chi connectivity index (χ2v) is 6.14. The molecule has 23 heavy (non-hydrogen) atoms. The molecule has 0 spiro atoms. The largest absolute Gasteiger partial charge is 0.358 e. The van der Waals surface area contributed by atoms with Crippen molar-refractivity contribution in [3.05, 3.63) is 71.0 Å². The van der Waals surface area contributed by atoms with Gasteiger partial charge in [-0.05, 0) is 36.1 Å². The Morgan fingerprint density at radius 2 is 1.09 bits per heavy atom. The van der Waals surface area contributed by atoms with Gasteiger partial charge in [0.2, 0.25) is 0 Å². The number of aromatic amines is 2. The van der Waals surface area contributed by atoms with Crippen molar-refractivity contribution in [3.8, 4) is 0 Å². The van der Waals surface area contributed by atoms with Gasteiger partial charge in [0, 0.05) is 39.6 Å². The van der Waals surface area contributed by atoms with Gasteiger partial charge in [-0.15, -0.1) is 0 Å². The first-order valence-corrected chi connectivity index (χ1v) is 8.48. The zero-order valence-corrected chi connectivity index (χ0v) is 13.7. The van der Waals surface area contributed by atoms with Gasteiger partial charge in [0.15, 0.2) is 0 Å². The van der Waals surface area contributed by atoms with Crippen LogP contribution in [0.4, 0.5) is 0 Å². The zero-order valence-electron chi connectivity index (χ0n) is 13.7. The molecule has 2 aromatic heterocycles. The molecule has 2 N–H and O–H groups in total. The monoisotopic (exact) mass is 302 g/mol. The van der Waals surface area contributed by atoms with Gasteiger partial charge in [-0.3, -0.25) is 0 Å². The highest BCUT2D eigenvalue weighted by atomic mass is 14.7. The topological polar surface area (TPSA) is 31.6 Å². The number of aryl methyl sites for hydroxylation is 2. The van der Waals surface area contributed by atoms with E-state index in [2.05, 4.69) is 72.3 Å². The molecule has 2 aromatic carbocycles. The lowest BCUT2D eigenvalue weighted by atomic mass is 9.98. The van der Waals surface area contributed by atoms with E-state index < -0.39 is 0 Å². The van der Waals surface area contributed by atoms with Gasteiger partial charge in [0.1, 0.15) is 0 Å². The Morgan fingerprint density at radius 1 is 0.652 bits per heavy atom. The Balaban J connectivity index is 1.91. The van der Waals surface area contributed by atoms with Crippen LogP contribution < -0.4 is 0 Å². The minimum Gasteiger partial charge on any atom is -0.358 e. The molecule has 2 heteroatoms. The lowest BCUT2D eigenvalue weighted by Gasteiger charge is -2.06. The number of rotatable bonds is 4. The van der Waals surface area contributed by atoms with Crippen LogP contribution in [0, 0.1) is 0 Å². The normalized spacial score (nSPS) is 11.6. The summed E-state index contributed by atoms with van der Waals surface area (Å²) in [6.45, 7) is 4.45. The van der Waals surface area contributed by atoms with Crippen LogP contribution in [-0.4, -0.2) is 9.97 Å². The van der Waals surface area contributed by atoms with Gasteiger partial charge in [-0.1, -0.05) is 50.2 Å². The Hall–Kier alpha value is -2.48. The maximum atomic E-state index is 3.60. The molecule has 0 fully saturated rings. The van der Waals surface area contributed by atoms with Crippen molar-refractivity contribution in [1.29, 1.82) is 0 Å². The molecular formula is C21H22N2. The molecule has 0 aliphatic heterocycles. The summed E-state index contributed by atoms with van der Waals surface area (Å²) in [5.41, 5.74) is 8.11. The predicted molar refractivity (Wildman–Crippen MR) is 98.2 cm³/mol. The van der Waals surface area contributed by atoms with Crippen molar-refractivity contribution < 1.29 is 0 Å². The maximum absolute atomic E-state index is 3.60. The third-order valence-corrected chi connectivity index (χ3v) is 4.86. The van der Waals surface area contributed by atoms with E-state index in [0.717, 1.165) is 19.3 Å². The highest BCUT2D eigenvalue weighted by Crippen LogP contribution is 2.30. The van der Waals surface area contributed by atoms with Crippen molar-refractivity contribution in [2.24, 2.45) is 0 Å². The molecule has 0 amide bonds. The van der Waals surface area contributed by atoms with Crippen LogP contribution in [-0.2, 0) is 19.3 Å². The summed E-state index contributed by atoms with van der Waals surface area (Å²) in [4.78, 5) is 7.20. The Bertz CT molecular complexity index is 892. The molecule has 116 valence electrons. The smallest absolute Gasteiger partial charge is 0.0459 e. The molecule has 0 saturated heterocycles. The van der Waals surface area contributed by atoms with Crippen LogP contribution in [0.5, 0.6) is 0 Å². The summed E-state index contributed by atoms with van der Waals surface area (Å²) in [6, 6.07) is 17.3. The first kappa shape index (κ1) is 14.1. The average Bonchev–Trinajstić information content (AvgIpc) is 3.14. The summed E-state index contributed by atoms with van der Waals surface area (Å²) >= 11 is 0. The van der Waals surface area contributed by atoms with Gasteiger partial charge in [-0.25, -0.2) is 0 Å². The first-order chi connectivity index (χ1) is 11.3. The van der Waals surface area contributed by atoms with Crippen molar-refractivity contribution in [2.45, 2.75) is 33.1 Å². The van der Waals surface area contributed by atoms with Crippen molar-refractivity contribution in [2.75, 3.05) is 0 Å². The second kappa shape index (κ2) is 5.62. The summed E-state index contributed by atoms with van der Waals surface area (Å²) in [5.74, 6) is 0. The lowest BCUT2D eigenvalue weighted by Crippen LogP contribution is -1.95. The molecule has 0 aliphatic carbocycles. The number of para-hydroxylation sites is 2. The van der Waals surface area contributed by atoms with E-state index in [0.29, 0.717) is 0 Å². The molecule has 0 saturated carbocycles. The molecule has 2 heterocycles. The number of aromatic nitrogens is 2. The number of benzene rings is 2. The first-order valence-electron chi connectivity index (χ1n) is 8.48. The second-order valence-electron chi connectivity index (χ2n) is 6.14. The van der Waals surface area contributed by atoms with Gasteiger partial charge < -0.3 is 9.97 Å². The average molecular weight is 302 g/mol. The Morgan fingerprint density at radius 3 is 1.52 bits per heavy atom. The predicted octanol–water partition coefficient (Wildman–Crippen LogP) is 5.36. The number of H-pyrrole nitrogens is 2. The van der Waals surface area contributed by atoms with E-state index in [1.54, 1.807) is 0 Å². The summed E-state index contributed by atoms with van der Waals surface area (Å²) in [7, 11) is 0. The van der Waals surface area contributed by atoms with Crippen LogP contribution in [0.2, 0.25) is 0 Å². The standard InChI is InChI=1S/C21H22N2/c1-3-18-16(14-9-5-7-11-20(14)22-18)13-17-15-10-6-8-12-21(15)23-19(17)4-2/h5-12,22-23H,3-4,13H2,1-2H3. The SMILES string of the molecule is CCc1[nH]c2ccccc2c1Cc1c(CC)[nH]c2ccccc12. The summed E-state index contributed by atoms with van der Waals surface area (Å²) in [6.07, 6.45) is 3.06. The Labute approximate surface area is 136 Å². The quantitative estimate of drug-likeness (QED) is 0.508. The van der Waals surface area contributed by atoms with Crippen molar-refractivity contribution in [3.63, 3.8) is 0 Å². The van der Waals surface area contributed by atoms with Crippen LogP contribution in [0.3, 0.4) is 0 Å². The lowest BCUT2D eigenvalue weighted by molar-refractivity contribution is 0.996. The van der Waals surface area contributed by atoms with Crippen LogP contribution in [0.15, 0.2) is 48.5 Å². The fraction of sp³-hybridized carbons (Fsp3) is 0.238. The molecular weight excluding hydrogens is 280 g/mol. The highest BCUT2D eigenvalue weighted by molar-refractivity contribution is 5.88. The molecule has 4 rings (SSSR count). The summed E-state index contributed by atoms with van der Waals surface area (Å²) < 4.78 is 0. The zero-order chi connectivity index (χ0) is 15.8. The minimum absolute atomic E-state index is 0.986. The van der Waals surface area contributed by atoms with Gasteiger partial charge in [0.25, 0.3) is 0 Å². The molecule has 0 unspecified atom stereocenters. The number of fused-ring (bicyclic) bond motifs is 2. The third kappa shape index (κ3) is 2.26. The van der Waals surface area contributed by atoms with E-state index in [4.69, 9.17) is 0 Å². The number of hydrogen-bond donors (Lipinski definition) is 2. The van der Waals surface area contributed by atoms with Crippen LogP contribution >= 0.6 is 0 Å². The van der Waals surface area contributed by atoms with E-state index in [9.17, 15) is 0 Å². The molecule has 2 nitrogen and oxygen atoms in total. The molecule has 0 aliphatic rings. The molecule has 4 aromatic rings. The van der Waals surface area contributed by atoms with Gasteiger partial charge >= 0.3 is 0 Å². The van der Waals surface area contributed by atoms with Gasteiger partial charge in [0.05, 0.1) is 0 Å². The van der Waals surface area contributed by atoms with Crippen molar-refractivity contribution >= 4 is 21.8 Å². The number of hydrogen-bond acceptors (Lipinski definition) is 0. The van der Waals surface area contributed by atoms with Crippen LogP contribution in [0.25, 0.3) is 21.8 Å². The van der Waals surface area contributed by atoms with Gasteiger partial charge in [-0.2, -0.15) is 0 Å². The molecule has 0 bridgehead atoms. The van der Waals surface area contributed by atoms with Crippen molar-refractivity contribution in [1.82, 2.24) is 9.97 Å². The van der Waals surface area contributed by atoms with E-state index >= 15 is 0 Å².